The van der Waals surface area contributed by atoms with Crippen molar-refractivity contribution in [2.45, 2.75) is 6.54 Å². The molecule has 0 aliphatic carbocycles. The van der Waals surface area contributed by atoms with Gasteiger partial charge in [0.15, 0.2) is 0 Å². The molecule has 0 spiro atoms. The topological polar surface area (TPSA) is 90.9 Å². The van der Waals surface area contributed by atoms with Gasteiger partial charge in [0.1, 0.15) is 5.56 Å². The van der Waals surface area contributed by atoms with Gasteiger partial charge in [-0.05, 0) is 18.2 Å². The smallest absolute Gasteiger partial charge is 0.339 e. The molecule has 6 nitrogen and oxygen atoms in total. The summed E-state index contributed by atoms with van der Waals surface area (Å²) in [6, 6.07) is 9.04. The fraction of sp³-hybridized carbons (Fsp3) is 0.154. The van der Waals surface area contributed by atoms with Crippen molar-refractivity contribution < 1.29 is 9.90 Å². The van der Waals surface area contributed by atoms with Gasteiger partial charge in [0, 0.05) is 12.7 Å². The Hall–Kier alpha value is -2.81. The van der Waals surface area contributed by atoms with Gasteiger partial charge in [-0.1, -0.05) is 6.07 Å². The summed E-state index contributed by atoms with van der Waals surface area (Å²) in [4.78, 5) is 11.0. The van der Waals surface area contributed by atoms with E-state index in [1.54, 1.807) is 25.2 Å². The normalized spacial score (nSPS) is 9.89. The number of nitrogens with one attached hydrogen (secondary N) is 1. The molecule has 0 saturated heterocycles. The van der Waals surface area contributed by atoms with E-state index in [0.29, 0.717) is 17.8 Å². The molecule has 96 valence electrons. The first-order chi connectivity index (χ1) is 9.11. The number of rotatable bonds is 4. The van der Waals surface area contributed by atoms with Gasteiger partial charge in [-0.25, -0.2) is 4.79 Å². The van der Waals surface area contributed by atoms with Gasteiger partial charge >= 0.3 is 5.97 Å². The van der Waals surface area contributed by atoms with Crippen LogP contribution in [0.2, 0.25) is 0 Å². The summed E-state index contributed by atoms with van der Waals surface area (Å²) >= 11 is 0. The number of anilines is 1. The van der Waals surface area contributed by atoms with Crippen molar-refractivity contribution in [1.82, 2.24) is 9.78 Å². The lowest BCUT2D eigenvalue weighted by Crippen LogP contribution is -2.10. The van der Waals surface area contributed by atoms with Gasteiger partial charge in [0.2, 0.25) is 0 Å². The highest BCUT2D eigenvalue weighted by molar-refractivity contribution is 5.88. The Morgan fingerprint density at radius 2 is 2.37 bits per heavy atom. The fourth-order valence-electron chi connectivity index (χ4n) is 1.74. The predicted molar refractivity (Wildman–Crippen MR) is 68.7 cm³/mol. The van der Waals surface area contributed by atoms with Crippen molar-refractivity contribution in [2.24, 2.45) is 7.05 Å². The minimum atomic E-state index is -1.00. The van der Waals surface area contributed by atoms with E-state index in [9.17, 15) is 4.79 Å². The van der Waals surface area contributed by atoms with E-state index in [1.165, 1.54) is 10.9 Å². The zero-order valence-electron chi connectivity index (χ0n) is 10.3. The van der Waals surface area contributed by atoms with Crippen LogP contribution in [0.4, 0.5) is 5.69 Å². The first-order valence-electron chi connectivity index (χ1n) is 5.60. The molecule has 6 heteroatoms. The lowest BCUT2D eigenvalue weighted by molar-refractivity contribution is 0.0695. The molecule has 1 aromatic heterocycles. The van der Waals surface area contributed by atoms with E-state index < -0.39 is 5.97 Å². The van der Waals surface area contributed by atoms with Crippen LogP contribution in [0.15, 0.2) is 30.5 Å². The van der Waals surface area contributed by atoms with E-state index in [-0.39, 0.29) is 5.56 Å². The third-order valence-corrected chi connectivity index (χ3v) is 2.74. The number of carboxylic acids is 1. The fourth-order valence-corrected chi connectivity index (χ4v) is 1.74. The number of hydrogen-bond acceptors (Lipinski definition) is 4. The molecule has 1 aromatic carbocycles. The number of nitriles is 1. The van der Waals surface area contributed by atoms with Crippen LogP contribution in [0.1, 0.15) is 21.6 Å². The third kappa shape index (κ3) is 2.72. The molecule has 0 aliphatic rings. The second-order valence-electron chi connectivity index (χ2n) is 3.98. The average Bonchev–Trinajstić information content (AvgIpc) is 2.78. The SMILES string of the molecule is Cn1ncc(C(=O)O)c1CNc1cccc(C#N)c1. The van der Waals surface area contributed by atoms with Gasteiger partial charge in [-0.15, -0.1) is 0 Å². The Morgan fingerprint density at radius 3 is 3.05 bits per heavy atom. The van der Waals surface area contributed by atoms with Gasteiger partial charge in [0.25, 0.3) is 0 Å². The lowest BCUT2D eigenvalue weighted by Gasteiger charge is -2.08. The van der Waals surface area contributed by atoms with Gasteiger partial charge in [-0.3, -0.25) is 4.68 Å². The van der Waals surface area contributed by atoms with E-state index >= 15 is 0 Å². The number of nitrogens with zero attached hydrogens (tertiary/aromatic N) is 3. The number of carboxylic acid groups (broad SMARTS) is 1. The number of aromatic nitrogens is 2. The Morgan fingerprint density at radius 1 is 1.58 bits per heavy atom. The van der Waals surface area contributed by atoms with E-state index in [1.807, 2.05) is 12.1 Å². The second kappa shape index (κ2) is 5.23. The Labute approximate surface area is 109 Å². The largest absolute Gasteiger partial charge is 0.478 e. The van der Waals surface area contributed by atoms with Gasteiger partial charge in [-0.2, -0.15) is 10.4 Å². The molecule has 0 atom stereocenters. The van der Waals surface area contributed by atoms with Crippen molar-refractivity contribution in [3.8, 4) is 6.07 Å². The second-order valence-corrected chi connectivity index (χ2v) is 3.98. The van der Waals surface area contributed by atoms with Crippen molar-refractivity contribution in [3.05, 3.63) is 47.3 Å². The molecule has 0 radical (unpaired) electrons. The van der Waals surface area contributed by atoms with Gasteiger partial charge in [0.05, 0.1) is 30.1 Å². The van der Waals surface area contributed by atoms with Crippen molar-refractivity contribution in [3.63, 3.8) is 0 Å². The summed E-state index contributed by atoms with van der Waals surface area (Å²) in [7, 11) is 1.69. The van der Waals surface area contributed by atoms with Crippen LogP contribution < -0.4 is 5.32 Å². The molecule has 2 N–H and O–H groups in total. The molecule has 1 heterocycles. The summed E-state index contributed by atoms with van der Waals surface area (Å²) in [6.07, 6.45) is 1.32. The summed E-state index contributed by atoms with van der Waals surface area (Å²) in [5, 5.41) is 24.8. The Bertz CT molecular complexity index is 655. The highest BCUT2D eigenvalue weighted by Gasteiger charge is 2.14. The Balaban J connectivity index is 2.17. The van der Waals surface area contributed by atoms with Crippen LogP contribution in [0.25, 0.3) is 0 Å². The lowest BCUT2D eigenvalue weighted by atomic mass is 10.2. The molecule has 0 amide bonds. The summed E-state index contributed by atoms with van der Waals surface area (Å²) in [5.74, 6) is -1.00. The zero-order chi connectivity index (χ0) is 13.8. The summed E-state index contributed by atoms with van der Waals surface area (Å²) in [6.45, 7) is 0.326. The van der Waals surface area contributed by atoms with E-state index in [0.717, 1.165) is 5.69 Å². The summed E-state index contributed by atoms with van der Waals surface area (Å²) < 4.78 is 1.52. The predicted octanol–water partition coefficient (Wildman–Crippen LogP) is 1.60. The van der Waals surface area contributed by atoms with Crippen LogP contribution in [-0.4, -0.2) is 20.9 Å². The molecule has 0 saturated carbocycles. The molecular weight excluding hydrogens is 244 g/mol. The monoisotopic (exact) mass is 256 g/mol. The highest BCUT2D eigenvalue weighted by Crippen LogP contribution is 2.13. The van der Waals surface area contributed by atoms with Gasteiger partial charge < -0.3 is 10.4 Å². The minimum absolute atomic E-state index is 0.173. The average molecular weight is 256 g/mol. The van der Waals surface area contributed by atoms with Crippen LogP contribution >= 0.6 is 0 Å². The van der Waals surface area contributed by atoms with Crippen molar-refractivity contribution >= 4 is 11.7 Å². The number of carbonyl (C=O) groups is 1. The minimum Gasteiger partial charge on any atom is -0.478 e. The number of aromatic carboxylic acids is 1. The van der Waals surface area contributed by atoms with Crippen LogP contribution in [0, 0.1) is 11.3 Å². The van der Waals surface area contributed by atoms with Crippen molar-refractivity contribution in [2.75, 3.05) is 5.32 Å². The first-order valence-corrected chi connectivity index (χ1v) is 5.60. The standard InChI is InChI=1S/C13H12N4O2/c1-17-12(11(7-16-17)13(18)19)8-15-10-4-2-3-9(5-10)6-14/h2-5,7,15H,8H2,1H3,(H,18,19). The molecule has 0 fully saturated rings. The molecule has 0 bridgehead atoms. The van der Waals surface area contributed by atoms with Crippen molar-refractivity contribution in [1.29, 1.82) is 5.26 Å². The van der Waals surface area contributed by atoms with Crippen LogP contribution in [0.3, 0.4) is 0 Å². The Kier molecular flexibility index (Phi) is 3.48. The molecule has 0 unspecified atom stereocenters. The first kappa shape index (κ1) is 12.6. The van der Waals surface area contributed by atoms with E-state index in [4.69, 9.17) is 10.4 Å². The number of benzene rings is 1. The van der Waals surface area contributed by atoms with E-state index in [2.05, 4.69) is 10.4 Å². The maximum absolute atomic E-state index is 11.0. The molecule has 2 rings (SSSR count). The number of hydrogen-bond donors (Lipinski definition) is 2. The zero-order valence-corrected chi connectivity index (χ0v) is 10.3. The number of aryl methyl sites for hydroxylation is 1. The summed E-state index contributed by atoms with van der Waals surface area (Å²) in [5.41, 5.74) is 2.06. The molecule has 2 aromatic rings. The van der Waals surface area contributed by atoms with Crippen LogP contribution in [0.5, 0.6) is 0 Å². The maximum atomic E-state index is 11.0. The molecule has 19 heavy (non-hydrogen) atoms. The molecule has 0 aliphatic heterocycles. The quantitative estimate of drug-likeness (QED) is 0.867. The third-order valence-electron chi connectivity index (χ3n) is 2.74. The highest BCUT2D eigenvalue weighted by atomic mass is 16.4. The molecular formula is C13H12N4O2. The maximum Gasteiger partial charge on any atom is 0.339 e. The van der Waals surface area contributed by atoms with Crippen LogP contribution in [-0.2, 0) is 13.6 Å².